The second-order valence-electron chi connectivity index (χ2n) is 6.24. The van der Waals surface area contributed by atoms with Gasteiger partial charge in [0.25, 0.3) is 0 Å². The molecule has 0 radical (unpaired) electrons. The Kier molecular flexibility index (Phi) is 8.49. The molecule has 0 spiro atoms. The monoisotopic (exact) mass is 371 g/mol. The average molecular weight is 371 g/mol. The number of methoxy groups -OCH3 is 2. The van der Waals surface area contributed by atoms with Gasteiger partial charge in [-0.3, -0.25) is 4.79 Å². The molecule has 27 heavy (non-hydrogen) atoms. The molecule has 2 aromatic carbocycles. The van der Waals surface area contributed by atoms with Crippen molar-refractivity contribution in [3.05, 3.63) is 53.6 Å². The number of amides is 1. The lowest BCUT2D eigenvalue weighted by atomic mass is 10.1. The fourth-order valence-electron chi connectivity index (χ4n) is 2.71. The van der Waals surface area contributed by atoms with Gasteiger partial charge in [-0.2, -0.15) is 0 Å². The Morgan fingerprint density at radius 3 is 2.33 bits per heavy atom. The smallest absolute Gasteiger partial charge is 0.220 e. The van der Waals surface area contributed by atoms with Gasteiger partial charge in [-0.1, -0.05) is 25.1 Å². The van der Waals surface area contributed by atoms with Crippen molar-refractivity contribution in [2.75, 3.05) is 27.4 Å². The minimum Gasteiger partial charge on any atom is -0.494 e. The Morgan fingerprint density at radius 1 is 0.963 bits per heavy atom. The molecule has 1 N–H and O–H groups in total. The van der Waals surface area contributed by atoms with Crippen molar-refractivity contribution < 1.29 is 19.0 Å². The van der Waals surface area contributed by atoms with Crippen LogP contribution in [0.1, 0.15) is 30.9 Å². The fourth-order valence-corrected chi connectivity index (χ4v) is 2.71. The molecular weight excluding hydrogens is 342 g/mol. The summed E-state index contributed by atoms with van der Waals surface area (Å²) in [6, 6.07) is 13.9. The minimum absolute atomic E-state index is 0.0420. The van der Waals surface area contributed by atoms with E-state index in [4.69, 9.17) is 14.2 Å². The number of nitrogens with one attached hydrogen (secondary N) is 1. The van der Waals surface area contributed by atoms with Crippen molar-refractivity contribution in [3.63, 3.8) is 0 Å². The highest BCUT2D eigenvalue weighted by atomic mass is 16.5. The van der Waals surface area contributed by atoms with Crippen LogP contribution in [-0.4, -0.2) is 33.3 Å². The van der Waals surface area contributed by atoms with Gasteiger partial charge in [-0.25, -0.2) is 0 Å². The Labute approximate surface area is 161 Å². The molecule has 0 fully saturated rings. The molecule has 0 aromatic heterocycles. The van der Waals surface area contributed by atoms with Gasteiger partial charge in [0.15, 0.2) is 11.5 Å². The molecule has 0 bridgehead atoms. The predicted octanol–water partition coefficient (Wildman–Crippen LogP) is 3.78. The Hall–Kier alpha value is -2.69. The minimum atomic E-state index is 0.0420. The zero-order valence-electron chi connectivity index (χ0n) is 16.4. The number of rotatable bonds is 11. The first-order chi connectivity index (χ1) is 13.2. The maximum Gasteiger partial charge on any atom is 0.220 e. The van der Waals surface area contributed by atoms with Crippen molar-refractivity contribution in [2.45, 2.75) is 32.6 Å². The maximum atomic E-state index is 11.9. The zero-order chi connectivity index (χ0) is 19.5. The maximum absolute atomic E-state index is 11.9. The lowest BCUT2D eigenvalue weighted by molar-refractivity contribution is -0.121. The van der Waals surface area contributed by atoms with Crippen LogP contribution in [0.5, 0.6) is 17.2 Å². The Bertz CT molecular complexity index is 713. The summed E-state index contributed by atoms with van der Waals surface area (Å²) in [6.45, 7) is 3.25. The summed E-state index contributed by atoms with van der Waals surface area (Å²) in [6.07, 6.45) is 2.91. The molecule has 146 valence electrons. The molecule has 0 atom stereocenters. The predicted molar refractivity (Wildman–Crippen MR) is 107 cm³/mol. The third-order valence-electron chi connectivity index (χ3n) is 4.33. The molecule has 5 nitrogen and oxygen atoms in total. The average Bonchev–Trinajstić information content (AvgIpc) is 2.71. The molecule has 0 aliphatic heterocycles. The van der Waals surface area contributed by atoms with E-state index < -0.39 is 0 Å². The molecule has 0 aliphatic carbocycles. The van der Waals surface area contributed by atoms with E-state index in [1.54, 1.807) is 14.2 Å². The molecule has 0 aliphatic rings. The molecule has 2 rings (SSSR count). The second-order valence-corrected chi connectivity index (χ2v) is 6.24. The Balaban J connectivity index is 1.63. The molecule has 5 heteroatoms. The van der Waals surface area contributed by atoms with Gasteiger partial charge in [0, 0.05) is 13.0 Å². The number of ether oxygens (including phenoxy) is 3. The molecule has 1 amide bonds. The van der Waals surface area contributed by atoms with Crippen LogP contribution in [0.15, 0.2) is 42.5 Å². The van der Waals surface area contributed by atoms with Gasteiger partial charge < -0.3 is 19.5 Å². The molecule has 0 unspecified atom stereocenters. The quantitative estimate of drug-likeness (QED) is 0.611. The Morgan fingerprint density at radius 2 is 1.67 bits per heavy atom. The number of benzene rings is 2. The van der Waals surface area contributed by atoms with E-state index in [2.05, 4.69) is 24.4 Å². The zero-order valence-corrected chi connectivity index (χ0v) is 16.4. The third kappa shape index (κ3) is 6.85. The van der Waals surface area contributed by atoms with E-state index in [1.165, 1.54) is 5.56 Å². The van der Waals surface area contributed by atoms with Gasteiger partial charge in [0.05, 0.1) is 20.8 Å². The van der Waals surface area contributed by atoms with Crippen LogP contribution in [-0.2, 0) is 17.6 Å². The molecule has 0 saturated carbocycles. The van der Waals surface area contributed by atoms with Crippen LogP contribution in [0.2, 0.25) is 0 Å². The van der Waals surface area contributed by atoms with Gasteiger partial charge in [0.1, 0.15) is 5.75 Å². The van der Waals surface area contributed by atoms with Crippen LogP contribution in [0.4, 0.5) is 0 Å². The van der Waals surface area contributed by atoms with E-state index in [1.807, 2.05) is 30.3 Å². The first-order valence-corrected chi connectivity index (χ1v) is 9.35. The summed E-state index contributed by atoms with van der Waals surface area (Å²) in [5, 5.41) is 2.94. The molecular formula is C22H29NO4. The topological polar surface area (TPSA) is 56.8 Å². The number of hydrogen-bond acceptors (Lipinski definition) is 4. The van der Waals surface area contributed by atoms with Crippen LogP contribution in [0.25, 0.3) is 0 Å². The summed E-state index contributed by atoms with van der Waals surface area (Å²) in [7, 11) is 3.23. The summed E-state index contributed by atoms with van der Waals surface area (Å²) in [5.74, 6) is 2.29. The summed E-state index contributed by atoms with van der Waals surface area (Å²) in [4.78, 5) is 11.9. The molecule has 0 saturated heterocycles. The van der Waals surface area contributed by atoms with Gasteiger partial charge in [-0.05, 0) is 54.7 Å². The number of aryl methyl sites for hydroxylation is 1. The van der Waals surface area contributed by atoms with E-state index in [9.17, 15) is 4.79 Å². The summed E-state index contributed by atoms with van der Waals surface area (Å²) < 4.78 is 16.2. The van der Waals surface area contributed by atoms with E-state index >= 15 is 0 Å². The summed E-state index contributed by atoms with van der Waals surface area (Å²) in [5.41, 5.74) is 2.38. The van der Waals surface area contributed by atoms with Crippen molar-refractivity contribution in [3.8, 4) is 17.2 Å². The number of carbonyl (C=O) groups excluding carboxylic acids is 1. The first-order valence-electron chi connectivity index (χ1n) is 9.35. The SMILES string of the molecule is CCc1ccc(OCCCC(=O)NCCc2ccc(OC)c(OC)c2)cc1. The molecule has 2 aromatic rings. The van der Waals surface area contributed by atoms with Gasteiger partial charge in [-0.15, -0.1) is 0 Å². The number of hydrogen-bond donors (Lipinski definition) is 1. The lowest BCUT2D eigenvalue weighted by Crippen LogP contribution is -2.25. The van der Waals surface area contributed by atoms with Crippen LogP contribution in [0, 0.1) is 0 Å². The highest BCUT2D eigenvalue weighted by Crippen LogP contribution is 2.27. The van der Waals surface area contributed by atoms with Crippen molar-refractivity contribution in [2.24, 2.45) is 0 Å². The fraction of sp³-hybridized carbons (Fsp3) is 0.409. The van der Waals surface area contributed by atoms with Crippen LogP contribution < -0.4 is 19.5 Å². The van der Waals surface area contributed by atoms with Crippen molar-refractivity contribution in [1.82, 2.24) is 5.32 Å². The molecule has 0 heterocycles. The van der Waals surface area contributed by atoms with Crippen LogP contribution >= 0.6 is 0 Å². The highest BCUT2D eigenvalue weighted by Gasteiger charge is 2.06. The van der Waals surface area contributed by atoms with E-state index in [-0.39, 0.29) is 5.91 Å². The van der Waals surface area contributed by atoms with Crippen LogP contribution in [0.3, 0.4) is 0 Å². The van der Waals surface area contributed by atoms with Gasteiger partial charge >= 0.3 is 0 Å². The standard InChI is InChI=1S/C22H29NO4/c1-4-17-7-10-19(11-8-17)27-15-5-6-22(24)23-14-13-18-9-12-20(25-2)21(16-18)26-3/h7-12,16H,4-6,13-15H2,1-3H3,(H,23,24). The number of carbonyl (C=O) groups is 1. The van der Waals surface area contributed by atoms with E-state index in [0.29, 0.717) is 37.5 Å². The third-order valence-corrected chi connectivity index (χ3v) is 4.33. The summed E-state index contributed by atoms with van der Waals surface area (Å²) >= 11 is 0. The first kappa shape index (κ1) is 20.6. The van der Waals surface area contributed by atoms with Gasteiger partial charge in [0.2, 0.25) is 5.91 Å². The van der Waals surface area contributed by atoms with E-state index in [0.717, 1.165) is 24.2 Å². The van der Waals surface area contributed by atoms with Crippen molar-refractivity contribution in [1.29, 1.82) is 0 Å². The second kappa shape index (κ2) is 11.1. The van der Waals surface area contributed by atoms with Crippen molar-refractivity contribution >= 4 is 5.91 Å². The normalized spacial score (nSPS) is 10.3. The largest absolute Gasteiger partial charge is 0.494 e. The highest BCUT2D eigenvalue weighted by molar-refractivity contribution is 5.75. The lowest BCUT2D eigenvalue weighted by Gasteiger charge is -2.10.